The number of aliphatic carboxylic acids is 1. The number of carboxylic acids is 1. The number of carboxylic acid groups (broad SMARTS) is 1. The molecule has 11 heteroatoms. The minimum Gasteiger partial charge on any atom is -0.481 e. The highest BCUT2D eigenvalue weighted by atomic mass is 32.2. The lowest BCUT2D eigenvalue weighted by molar-refractivity contribution is -0.140. The van der Waals surface area contributed by atoms with Gasteiger partial charge in [0.05, 0.1) is 18.2 Å². The zero-order chi connectivity index (χ0) is 21.9. The average Bonchev–Trinajstić information content (AvgIpc) is 3.00. The molecule has 0 bridgehead atoms. The SMILES string of the molecule is O=C(O)CC1SC(=NN=Cc2ccc(-c3ccc(F)c(C(F)(F)F)c3)cc2)NC1=O. The van der Waals surface area contributed by atoms with Crippen molar-refractivity contribution in [1.29, 1.82) is 0 Å². The summed E-state index contributed by atoms with van der Waals surface area (Å²) in [6.07, 6.45) is -3.76. The maximum Gasteiger partial charge on any atom is 0.419 e. The summed E-state index contributed by atoms with van der Waals surface area (Å²) in [5.74, 6) is -2.90. The van der Waals surface area contributed by atoms with Crippen LogP contribution in [0.1, 0.15) is 17.5 Å². The van der Waals surface area contributed by atoms with Gasteiger partial charge in [0.25, 0.3) is 0 Å². The van der Waals surface area contributed by atoms with E-state index in [-0.39, 0.29) is 17.2 Å². The van der Waals surface area contributed by atoms with E-state index in [1.54, 1.807) is 24.3 Å². The third-order valence-electron chi connectivity index (χ3n) is 4.01. The molecule has 0 radical (unpaired) electrons. The Morgan fingerprint density at radius 1 is 1.17 bits per heavy atom. The number of nitrogens with zero attached hydrogens (tertiary/aromatic N) is 2. The first-order valence-electron chi connectivity index (χ1n) is 8.41. The first kappa shape index (κ1) is 21.5. The fourth-order valence-corrected chi connectivity index (χ4v) is 3.49. The predicted molar refractivity (Wildman–Crippen MR) is 104 cm³/mol. The zero-order valence-electron chi connectivity index (χ0n) is 15.0. The van der Waals surface area contributed by atoms with Gasteiger partial charge in [-0.2, -0.15) is 18.3 Å². The van der Waals surface area contributed by atoms with Crippen molar-refractivity contribution in [2.75, 3.05) is 0 Å². The van der Waals surface area contributed by atoms with Gasteiger partial charge < -0.3 is 10.4 Å². The van der Waals surface area contributed by atoms with Gasteiger partial charge in [-0.1, -0.05) is 42.1 Å². The van der Waals surface area contributed by atoms with Crippen LogP contribution in [0.4, 0.5) is 17.6 Å². The van der Waals surface area contributed by atoms with Crippen LogP contribution in [-0.4, -0.2) is 33.6 Å². The van der Waals surface area contributed by atoms with E-state index in [4.69, 9.17) is 5.11 Å². The van der Waals surface area contributed by atoms with Crippen molar-refractivity contribution in [3.05, 3.63) is 59.4 Å². The Bertz CT molecular complexity index is 1040. The second kappa shape index (κ2) is 8.66. The summed E-state index contributed by atoms with van der Waals surface area (Å²) >= 11 is 0.959. The van der Waals surface area contributed by atoms with E-state index in [9.17, 15) is 27.2 Å². The molecule has 1 atom stereocenters. The van der Waals surface area contributed by atoms with E-state index >= 15 is 0 Å². The Morgan fingerprint density at radius 3 is 2.47 bits per heavy atom. The minimum absolute atomic E-state index is 0.171. The number of alkyl halides is 3. The van der Waals surface area contributed by atoms with Crippen molar-refractivity contribution in [2.24, 2.45) is 10.2 Å². The van der Waals surface area contributed by atoms with Crippen molar-refractivity contribution in [3.8, 4) is 11.1 Å². The molecule has 1 fully saturated rings. The number of rotatable bonds is 5. The quantitative estimate of drug-likeness (QED) is 0.420. The third-order valence-corrected chi connectivity index (χ3v) is 5.08. The van der Waals surface area contributed by atoms with Crippen LogP contribution in [0.15, 0.2) is 52.7 Å². The Balaban J connectivity index is 1.70. The molecule has 2 aromatic rings. The monoisotopic (exact) mass is 439 g/mol. The number of carbonyl (C=O) groups excluding carboxylic acids is 1. The fraction of sp³-hybridized carbons (Fsp3) is 0.158. The second-order valence-corrected chi connectivity index (χ2v) is 7.35. The summed E-state index contributed by atoms with van der Waals surface area (Å²) in [4.78, 5) is 22.3. The fourth-order valence-electron chi connectivity index (χ4n) is 2.58. The number of benzene rings is 2. The normalized spacial score (nSPS) is 18.2. The summed E-state index contributed by atoms with van der Waals surface area (Å²) in [6, 6.07) is 9.06. The van der Waals surface area contributed by atoms with Crippen LogP contribution in [0.25, 0.3) is 11.1 Å². The highest BCUT2D eigenvalue weighted by Crippen LogP contribution is 2.34. The lowest BCUT2D eigenvalue weighted by Crippen LogP contribution is -2.26. The van der Waals surface area contributed by atoms with Gasteiger partial charge in [-0.05, 0) is 28.8 Å². The van der Waals surface area contributed by atoms with Crippen molar-refractivity contribution in [3.63, 3.8) is 0 Å². The van der Waals surface area contributed by atoms with E-state index < -0.39 is 34.7 Å². The molecule has 0 saturated carbocycles. The lowest BCUT2D eigenvalue weighted by Gasteiger charge is -2.10. The van der Waals surface area contributed by atoms with Crippen LogP contribution in [0.2, 0.25) is 0 Å². The number of amides is 1. The van der Waals surface area contributed by atoms with Crippen LogP contribution in [0.5, 0.6) is 0 Å². The van der Waals surface area contributed by atoms with E-state index in [2.05, 4.69) is 15.5 Å². The topological polar surface area (TPSA) is 91.1 Å². The summed E-state index contributed by atoms with van der Waals surface area (Å²) in [7, 11) is 0. The molecular formula is C19H13F4N3O3S. The second-order valence-electron chi connectivity index (χ2n) is 6.16. The highest BCUT2D eigenvalue weighted by Gasteiger charge is 2.34. The number of amidine groups is 1. The number of hydrogen-bond acceptors (Lipinski definition) is 5. The van der Waals surface area contributed by atoms with E-state index in [0.717, 1.165) is 23.9 Å². The zero-order valence-corrected chi connectivity index (χ0v) is 15.8. The molecule has 156 valence electrons. The van der Waals surface area contributed by atoms with Crippen LogP contribution in [-0.2, 0) is 15.8 Å². The van der Waals surface area contributed by atoms with Gasteiger partial charge in [-0.25, -0.2) is 4.39 Å². The van der Waals surface area contributed by atoms with E-state index in [1.165, 1.54) is 12.3 Å². The molecule has 1 amide bonds. The molecule has 1 unspecified atom stereocenters. The van der Waals surface area contributed by atoms with Gasteiger partial charge in [-0.3, -0.25) is 9.59 Å². The van der Waals surface area contributed by atoms with Gasteiger partial charge in [-0.15, -0.1) is 5.10 Å². The molecule has 0 spiro atoms. The van der Waals surface area contributed by atoms with E-state index in [1.807, 2.05) is 0 Å². The van der Waals surface area contributed by atoms with Crippen LogP contribution >= 0.6 is 11.8 Å². The molecular weight excluding hydrogens is 426 g/mol. The molecule has 1 aliphatic heterocycles. The number of carbonyl (C=O) groups is 2. The van der Waals surface area contributed by atoms with Crippen molar-refractivity contribution >= 4 is 35.0 Å². The molecule has 1 heterocycles. The van der Waals surface area contributed by atoms with E-state index in [0.29, 0.717) is 11.1 Å². The average molecular weight is 439 g/mol. The minimum atomic E-state index is -4.79. The van der Waals surface area contributed by atoms with Gasteiger partial charge in [0, 0.05) is 0 Å². The molecule has 1 saturated heterocycles. The summed E-state index contributed by atoms with van der Waals surface area (Å²) < 4.78 is 52.0. The molecule has 0 aromatic heterocycles. The molecule has 1 aliphatic rings. The Morgan fingerprint density at radius 2 is 1.83 bits per heavy atom. The number of thioether (sulfide) groups is 1. The number of nitrogens with one attached hydrogen (secondary N) is 1. The standard InChI is InChI=1S/C19H13F4N3O3S/c20-14-6-5-12(7-13(14)19(21,22)23)11-3-1-10(2-4-11)9-24-26-18-25-17(29)15(30-18)8-16(27)28/h1-7,9,15H,8H2,(H,27,28)(H,25,26,29). The molecule has 3 rings (SSSR count). The Labute approximate surface area is 171 Å². The molecule has 6 nitrogen and oxygen atoms in total. The van der Waals surface area contributed by atoms with Gasteiger partial charge in [0.1, 0.15) is 11.1 Å². The predicted octanol–water partition coefficient (Wildman–Crippen LogP) is 3.91. The first-order chi connectivity index (χ1) is 14.1. The van der Waals surface area contributed by atoms with Gasteiger partial charge in [0.15, 0.2) is 5.17 Å². The van der Waals surface area contributed by atoms with Crippen LogP contribution in [0.3, 0.4) is 0 Å². The summed E-state index contributed by atoms with van der Waals surface area (Å²) in [5.41, 5.74) is -0.0856. The number of halogens is 4. The Kier molecular flexibility index (Phi) is 6.20. The van der Waals surface area contributed by atoms with Crippen LogP contribution in [0, 0.1) is 5.82 Å². The molecule has 0 aliphatic carbocycles. The van der Waals surface area contributed by atoms with Crippen LogP contribution < -0.4 is 5.32 Å². The molecule has 2 N–H and O–H groups in total. The largest absolute Gasteiger partial charge is 0.481 e. The smallest absolute Gasteiger partial charge is 0.419 e. The lowest BCUT2D eigenvalue weighted by atomic mass is 10.0. The third kappa shape index (κ3) is 5.23. The first-order valence-corrected chi connectivity index (χ1v) is 9.29. The van der Waals surface area contributed by atoms with Crippen molar-refractivity contribution in [2.45, 2.75) is 17.8 Å². The maximum absolute atomic E-state index is 13.4. The maximum atomic E-state index is 13.4. The van der Waals surface area contributed by atoms with Gasteiger partial charge in [0.2, 0.25) is 5.91 Å². The Hall–Kier alpha value is -3.21. The number of hydrogen-bond donors (Lipinski definition) is 2. The highest BCUT2D eigenvalue weighted by molar-refractivity contribution is 8.15. The van der Waals surface area contributed by atoms with Crippen molar-refractivity contribution in [1.82, 2.24) is 5.32 Å². The summed E-state index contributed by atoms with van der Waals surface area (Å²) in [6.45, 7) is 0. The summed E-state index contributed by atoms with van der Waals surface area (Å²) in [5, 5.41) is 18.2. The molecule has 30 heavy (non-hydrogen) atoms. The van der Waals surface area contributed by atoms with Crippen molar-refractivity contribution < 1.29 is 32.3 Å². The van der Waals surface area contributed by atoms with Gasteiger partial charge >= 0.3 is 12.1 Å². The molecule has 2 aromatic carbocycles.